The van der Waals surface area contributed by atoms with Crippen molar-refractivity contribution in [3.63, 3.8) is 0 Å². The van der Waals surface area contributed by atoms with Gasteiger partial charge in [-0.25, -0.2) is 17.9 Å². The summed E-state index contributed by atoms with van der Waals surface area (Å²) in [5.41, 5.74) is 0.247. The average molecular weight is 335 g/mol. The first-order valence-corrected chi connectivity index (χ1v) is 8.61. The van der Waals surface area contributed by atoms with E-state index in [1.807, 2.05) is 0 Å². The smallest absolute Gasteiger partial charge is 0.350 e. The van der Waals surface area contributed by atoms with Crippen molar-refractivity contribution in [2.75, 3.05) is 11.9 Å². The van der Waals surface area contributed by atoms with Crippen molar-refractivity contribution >= 4 is 21.7 Å². The van der Waals surface area contributed by atoms with E-state index in [1.165, 1.54) is 18.3 Å². The van der Waals surface area contributed by atoms with Gasteiger partial charge in [0.15, 0.2) is 5.57 Å². The van der Waals surface area contributed by atoms with E-state index in [0.29, 0.717) is 5.69 Å². The number of benzene rings is 1. The van der Waals surface area contributed by atoms with Gasteiger partial charge in [-0.2, -0.15) is 5.26 Å². The molecule has 1 aliphatic carbocycles. The SMILES string of the molecule is CCOC(=O)/C(C#N)=C/Nc1cccc(S(=O)(=O)NC2CC2)c1. The van der Waals surface area contributed by atoms with Crippen LogP contribution < -0.4 is 10.0 Å². The van der Waals surface area contributed by atoms with Crippen molar-refractivity contribution in [1.29, 1.82) is 5.26 Å². The van der Waals surface area contributed by atoms with Gasteiger partial charge in [0.2, 0.25) is 10.0 Å². The summed E-state index contributed by atoms with van der Waals surface area (Å²) in [4.78, 5) is 11.6. The minimum atomic E-state index is -3.56. The summed E-state index contributed by atoms with van der Waals surface area (Å²) in [5.74, 6) is -0.735. The Kier molecular flexibility index (Phi) is 5.36. The number of esters is 1. The van der Waals surface area contributed by atoms with Crippen molar-refractivity contribution in [3.05, 3.63) is 36.0 Å². The Morgan fingerprint density at radius 3 is 2.83 bits per heavy atom. The number of anilines is 1. The maximum Gasteiger partial charge on any atom is 0.350 e. The molecule has 0 atom stereocenters. The highest BCUT2D eigenvalue weighted by atomic mass is 32.2. The van der Waals surface area contributed by atoms with E-state index in [-0.39, 0.29) is 23.1 Å². The van der Waals surface area contributed by atoms with Gasteiger partial charge < -0.3 is 10.1 Å². The molecule has 0 unspecified atom stereocenters. The first-order chi connectivity index (χ1) is 11.0. The van der Waals surface area contributed by atoms with Gasteiger partial charge >= 0.3 is 5.97 Å². The quantitative estimate of drug-likeness (QED) is 0.444. The van der Waals surface area contributed by atoms with Crippen molar-refractivity contribution in [2.24, 2.45) is 0 Å². The molecule has 1 saturated carbocycles. The van der Waals surface area contributed by atoms with Crippen LogP contribution in [-0.4, -0.2) is 27.0 Å². The number of hydrogen-bond acceptors (Lipinski definition) is 6. The number of carbonyl (C=O) groups excluding carboxylic acids is 1. The summed E-state index contributed by atoms with van der Waals surface area (Å²) >= 11 is 0. The van der Waals surface area contributed by atoms with Gasteiger partial charge in [0, 0.05) is 17.9 Å². The zero-order chi connectivity index (χ0) is 16.9. The monoisotopic (exact) mass is 335 g/mol. The highest BCUT2D eigenvalue weighted by molar-refractivity contribution is 7.89. The van der Waals surface area contributed by atoms with E-state index in [9.17, 15) is 13.2 Å². The highest BCUT2D eigenvalue weighted by Gasteiger charge is 2.27. The van der Waals surface area contributed by atoms with Crippen LogP contribution in [-0.2, 0) is 19.6 Å². The fourth-order valence-electron chi connectivity index (χ4n) is 1.74. The lowest BCUT2D eigenvalue weighted by atomic mass is 10.3. The maximum absolute atomic E-state index is 12.1. The zero-order valence-corrected chi connectivity index (χ0v) is 13.4. The molecular weight excluding hydrogens is 318 g/mol. The predicted molar refractivity (Wildman–Crippen MR) is 83.7 cm³/mol. The minimum Gasteiger partial charge on any atom is -0.462 e. The Morgan fingerprint density at radius 2 is 2.22 bits per heavy atom. The van der Waals surface area contributed by atoms with E-state index in [2.05, 4.69) is 10.0 Å². The summed E-state index contributed by atoms with van der Waals surface area (Å²) < 4.78 is 31.6. The maximum atomic E-state index is 12.1. The van der Waals surface area contributed by atoms with E-state index < -0.39 is 16.0 Å². The van der Waals surface area contributed by atoms with Crippen LogP contribution in [0.3, 0.4) is 0 Å². The second-order valence-electron chi connectivity index (χ2n) is 4.96. The Morgan fingerprint density at radius 1 is 1.48 bits per heavy atom. The summed E-state index contributed by atoms with van der Waals surface area (Å²) in [6, 6.07) is 7.87. The Bertz CT molecular complexity index is 761. The molecule has 0 aromatic heterocycles. The second-order valence-corrected chi connectivity index (χ2v) is 6.67. The molecular formula is C15H17N3O4S. The second kappa shape index (κ2) is 7.26. The van der Waals surface area contributed by atoms with Gasteiger partial charge in [0.05, 0.1) is 11.5 Å². The summed E-state index contributed by atoms with van der Waals surface area (Å²) in [6.07, 6.45) is 2.90. The van der Waals surface area contributed by atoms with Crippen molar-refractivity contribution in [3.8, 4) is 6.07 Å². The van der Waals surface area contributed by atoms with Crippen LogP contribution in [0.2, 0.25) is 0 Å². The fraction of sp³-hybridized carbons (Fsp3) is 0.333. The predicted octanol–water partition coefficient (Wildman–Crippen LogP) is 1.51. The van der Waals surface area contributed by atoms with E-state index in [0.717, 1.165) is 12.8 Å². The van der Waals surface area contributed by atoms with Crippen LogP contribution in [0.4, 0.5) is 5.69 Å². The molecule has 1 aliphatic rings. The Balaban J connectivity index is 2.13. The number of rotatable bonds is 7. The van der Waals surface area contributed by atoms with Crippen molar-refractivity contribution < 1.29 is 17.9 Å². The van der Waals surface area contributed by atoms with Gasteiger partial charge in [-0.3, -0.25) is 0 Å². The molecule has 0 heterocycles. The lowest BCUT2D eigenvalue weighted by molar-refractivity contribution is -0.138. The molecule has 1 fully saturated rings. The van der Waals surface area contributed by atoms with Crippen LogP contribution >= 0.6 is 0 Å². The standard InChI is InChI=1S/C15H17N3O4S/c1-2-22-15(19)11(9-16)10-17-13-4-3-5-14(8-13)23(20,21)18-12-6-7-12/h3-5,8,10,12,17-18H,2,6-7H2,1H3/b11-10+. The molecule has 0 amide bonds. The lowest BCUT2D eigenvalue weighted by Crippen LogP contribution is -2.25. The number of nitrogens with zero attached hydrogens (tertiary/aromatic N) is 1. The molecule has 0 bridgehead atoms. The molecule has 0 spiro atoms. The molecule has 0 aliphatic heterocycles. The van der Waals surface area contributed by atoms with Crippen LogP contribution in [0.5, 0.6) is 0 Å². The molecule has 23 heavy (non-hydrogen) atoms. The van der Waals surface area contributed by atoms with Crippen molar-refractivity contribution in [2.45, 2.75) is 30.7 Å². The number of nitrogens with one attached hydrogen (secondary N) is 2. The third-order valence-electron chi connectivity index (χ3n) is 3.04. The third-order valence-corrected chi connectivity index (χ3v) is 4.56. The molecule has 2 rings (SSSR count). The Hall–Kier alpha value is -2.37. The highest BCUT2D eigenvalue weighted by Crippen LogP contribution is 2.23. The van der Waals surface area contributed by atoms with E-state index in [1.54, 1.807) is 25.1 Å². The van der Waals surface area contributed by atoms with E-state index >= 15 is 0 Å². The van der Waals surface area contributed by atoms with E-state index in [4.69, 9.17) is 10.00 Å². The van der Waals surface area contributed by atoms with Gasteiger partial charge in [0.1, 0.15) is 6.07 Å². The van der Waals surface area contributed by atoms with Gasteiger partial charge in [0.25, 0.3) is 0 Å². The topological polar surface area (TPSA) is 108 Å². The van der Waals surface area contributed by atoms with Crippen molar-refractivity contribution in [1.82, 2.24) is 4.72 Å². The molecule has 8 heteroatoms. The summed E-state index contributed by atoms with van der Waals surface area (Å²) in [6.45, 7) is 1.81. The first-order valence-electron chi connectivity index (χ1n) is 7.12. The molecule has 2 N–H and O–H groups in total. The molecule has 1 aromatic carbocycles. The van der Waals surface area contributed by atoms with Gasteiger partial charge in [-0.05, 0) is 38.0 Å². The summed E-state index contributed by atoms with van der Waals surface area (Å²) in [5, 5.41) is 11.7. The molecule has 0 saturated heterocycles. The normalized spacial score (nSPS) is 14.9. The number of sulfonamides is 1. The number of ether oxygens (including phenoxy) is 1. The van der Waals surface area contributed by atoms with Crippen LogP contribution in [0, 0.1) is 11.3 Å². The largest absolute Gasteiger partial charge is 0.462 e. The van der Waals surface area contributed by atoms with Gasteiger partial charge in [-0.15, -0.1) is 0 Å². The molecule has 0 radical (unpaired) electrons. The molecule has 7 nitrogen and oxygen atoms in total. The number of nitriles is 1. The molecule has 122 valence electrons. The fourth-order valence-corrected chi connectivity index (χ4v) is 3.09. The average Bonchev–Trinajstić information content (AvgIpc) is 3.32. The summed E-state index contributed by atoms with van der Waals surface area (Å²) in [7, 11) is -3.56. The first kappa shape index (κ1) is 17.0. The van der Waals surface area contributed by atoms with Crippen LogP contribution in [0.25, 0.3) is 0 Å². The van der Waals surface area contributed by atoms with Gasteiger partial charge in [-0.1, -0.05) is 6.07 Å². The minimum absolute atomic E-state index is 0.0190. The molecule has 1 aromatic rings. The zero-order valence-electron chi connectivity index (χ0n) is 12.6. The lowest BCUT2D eigenvalue weighted by Gasteiger charge is -2.08. The number of carbonyl (C=O) groups is 1. The third kappa shape index (κ3) is 4.81. The van der Waals surface area contributed by atoms with Crippen LogP contribution in [0.1, 0.15) is 19.8 Å². The Labute approximate surface area is 135 Å². The van der Waals surface area contributed by atoms with Crippen LogP contribution in [0.15, 0.2) is 40.9 Å². The number of hydrogen-bond donors (Lipinski definition) is 2.